The first-order chi connectivity index (χ1) is 15.5. The lowest BCUT2D eigenvalue weighted by atomic mass is 9.95. The standard InChI is InChI=1S/C26H31N3O3/c1-18(2)16-29-17-21(20-8-4-6-10-23(20)29)26(31)28-14-12-19(13-15-28)25(30)27-22-9-5-7-11-24(22)32-3/h4-11,17-19H,12-16H2,1-3H3,(H,27,30). The zero-order valence-electron chi connectivity index (χ0n) is 19.0. The Balaban J connectivity index is 1.43. The second-order valence-corrected chi connectivity index (χ2v) is 8.86. The third-order valence-corrected chi connectivity index (χ3v) is 6.10. The Morgan fingerprint density at radius 3 is 2.47 bits per heavy atom. The van der Waals surface area contributed by atoms with E-state index in [4.69, 9.17) is 4.74 Å². The van der Waals surface area contributed by atoms with Crippen LogP contribution in [0.15, 0.2) is 54.7 Å². The highest BCUT2D eigenvalue weighted by atomic mass is 16.5. The third kappa shape index (κ3) is 4.49. The number of hydrogen-bond acceptors (Lipinski definition) is 3. The van der Waals surface area contributed by atoms with Crippen molar-refractivity contribution in [3.63, 3.8) is 0 Å². The molecule has 4 rings (SSSR count). The maximum absolute atomic E-state index is 13.4. The number of aromatic nitrogens is 1. The number of likely N-dealkylation sites (tertiary alicyclic amines) is 1. The van der Waals surface area contributed by atoms with E-state index in [-0.39, 0.29) is 17.7 Å². The number of ether oxygens (including phenoxy) is 1. The summed E-state index contributed by atoms with van der Waals surface area (Å²) in [5.41, 5.74) is 2.52. The maximum Gasteiger partial charge on any atom is 0.256 e. The normalized spacial score (nSPS) is 14.7. The van der Waals surface area contributed by atoms with Crippen LogP contribution in [0.2, 0.25) is 0 Å². The molecule has 168 valence electrons. The maximum atomic E-state index is 13.4. The molecule has 0 aliphatic carbocycles. The van der Waals surface area contributed by atoms with E-state index < -0.39 is 0 Å². The van der Waals surface area contributed by atoms with Gasteiger partial charge in [0, 0.05) is 42.7 Å². The van der Waals surface area contributed by atoms with Crippen molar-refractivity contribution in [2.24, 2.45) is 11.8 Å². The Labute approximate surface area is 189 Å². The van der Waals surface area contributed by atoms with Crippen LogP contribution < -0.4 is 10.1 Å². The van der Waals surface area contributed by atoms with Crippen LogP contribution in [0, 0.1) is 11.8 Å². The number of hydrogen-bond donors (Lipinski definition) is 1. The molecule has 1 aliphatic rings. The number of carbonyl (C=O) groups is 2. The van der Waals surface area contributed by atoms with Crippen molar-refractivity contribution in [3.8, 4) is 5.75 Å². The second kappa shape index (κ2) is 9.47. The lowest BCUT2D eigenvalue weighted by Crippen LogP contribution is -2.41. The van der Waals surface area contributed by atoms with Crippen molar-refractivity contribution in [1.82, 2.24) is 9.47 Å². The minimum absolute atomic E-state index is 0.0184. The molecule has 1 fully saturated rings. The second-order valence-electron chi connectivity index (χ2n) is 8.86. The molecule has 6 nitrogen and oxygen atoms in total. The van der Waals surface area contributed by atoms with Crippen LogP contribution in [0.3, 0.4) is 0 Å². The van der Waals surface area contributed by atoms with Crippen LogP contribution in [0.1, 0.15) is 37.0 Å². The highest BCUT2D eigenvalue weighted by Gasteiger charge is 2.29. The molecule has 0 atom stereocenters. The number of para-hydroxylation sites is 3. The molecule has 32 heavy (non-hydrogen) atoms. The van der Waals surface area contributed by atoms with Gasteiger partial charge in [0.1, 0.15) is 5.75 Å². The highest BCUT2D eigenvalue weighted by Crippen LogP contribution is 2.28. The van der Waals surface area contributed by atoms with Gasteiger partial charge in [0.15, 0.2) is 0 Å². The van der Waals surface area contributed by atoms with Gasteiger partial charge in [0.05, 0.1) is 18.4 Å². The highest BCUT2D eigenvalue weighted by molar-refractivity contribution is 6.07. The summed E-state index contributed by atoms with van der Waals surface area (Å²) in [6.45, 7) is 6.38. The first-order valence-corrected chi connectivity index (χ1v) is 11.3. The molecule has 6 heteroatoms. The van der Waals surface area contributed by atoms with Crippen molar-refractivity contribution in [2.45, 2.75) is 33.2 Å². The van der Waals surface area contributed by atoms with E-state index >= 15 is 0 Å². The fraction of sp³-hybridized carbons (Fsp3) is 0.385. The number of piperidine rings is 1. The Morgan fingerprint density at radius 1 is 1.06 bits per heavy atom. The van der Waals surface area contributed by atoms with E-state index in [1.165, 1.54) is 0 Å². The summed E-state index contributed by atoms with van der Waals surface area (Å²) in [7, 11) is 1.59. The van der Waals surface area contributed by atoms with Gasteiger partial charge in [0.2, 0.25) is 5.91 Å². The number of rotatable bonds is 6. The number of methoxy groups -OCH3 is 1. The van der Waals surface area contributed by atoms with Crippen molar-refractivity contribution < 1.29 is 14.3 Å². The number of anilines is 1. The minimum Gasteiger partial charge on any atom is -0.495 e. The van der Waals surface area contributed by atoms with E-state index in [0.717, 1.165) is 23.0 Å². The molecule has 0 spiro atoms. The molecule has 1 N–H and O–H groups in total. The molecule has 1 saturated heterocycles. The van der Waals surface area contributed by atoms with Crippen molar-refractivity contribution in [3.05, 3.63) is 60.3 Å². The van der Waals surface area contributed by atoms with E-state index in [0.29, 0.717) is 43.3 Å². The number of fused-ring (bicyclic) bond motifs is 1. The topological polar surface area (TPSA) is 63.6 Å². The molecule has 1 aromatic heterocycles. The lowest BCUT2D eigenvalue weighted by Gasteiger charge is -2.31. The van der Waals surface area contributed by atoms with Gasteiger partial charge in [-0.3, -0.25) is 9.59 Å². The number of carbonyl (C=O) groups excluding carboxylic acids is 2. The predicted octanol–water partition coefficient (Wildman–Crippen LogP) is 4.80. The average molecular weight is 434 g/mol. The summed E-state index contributed by atoms with van der Waals surface area (Å²) in [5.74, 6) is 1.05. The van der Waals surface area contributed by atoms with E-state index in [9.17, 15) is 9.59 Å². The Kier molecular flexibility index (Phi) is 6.49. The molecule has 0 bridgehead atoms. The molecular formula is C26H31N3O3. The summed E-state index contributed by atoms with van der Waals surface area (Å²) in [5, 5.41) is 3.98. The molecule has 0 unspecified atom stereocenters. The average Bonchev–Trinajstić information content (AvgIpc) is 3.17. The molecule has 0 radical (unpaired) electrons. The first kappa shape index (κ1) is 21.9. The van der Waals surface area contributed by atoms with Crippen LogP contribution in [0.25, 0.3) is 10.9 Å². The molecular weight excluding hydrogens is 402 g/mol. The molecule has 3 aromatic rings. The lowest BCUT2D eigenvalue weighted by molar-refractivity contribution is -0.121. The molecule has 2 aromatic carbocycles. The zero-order chi connectivity index (χ0) is 22.7. The van der Waals surface area contributed by atoms with Crippen molar-refractivity contribution in [2.75, 3.05) is 25.5 Å². The molecule has 2 heterocycles. The van der Waals surface area contributed by atoms with Gasteiger partial charge in [-0.25, -0.2) is 0 Å². The fourth-order valence-electron chi connectivity index (χ4n) is 4.46. The summed E-state index contributed by atoms with van der Waals surface area (Å²) < 4.78 is 7.50. The monoisotopic (exact) mass is 433 g/mol. The summed E-state index contributed by atoms with van der Waals surface area (Å²) in [6.07, 6.45) is 3.29. The van der Waals surface area contributed by atoms with Crippen LogP contribution in [0.4, 0.5) is 5.69 Å². The fourth-order valence-corrected chi connectivity index (χ4v) is 4.46. The van der Waals surface area contributed by atoms with Crippen LogP contribution >= 0.6 is 0 Å². The van der Waals surface area contributed by atoms with Crippen molar-refractivity contribution in [1.29, 1.82) is 0 Å². The molecule has 2 amide bonds. The first-order valence-electron chi connectivity index (χ1n) is 11.3. The summed E-state index contributed by atoms with van der Waals surface area (Å²) >= 11 is 0. The Morgan fingerprint density at radius 2 is 1.75 bits per heavy atom. The van der Waals surface area contributed by atoms with Gasteiger partial charge >= 0.3 is 0 Å². The van der Waals surface area contributed by atoms with Gasteiger partial charge in [-0.15, -0.1) is 0 Å². The quantitative estimate of drug-likeness (QED) is 0.608. The third-order valence-electron chi connectivity index (χ3n) is 6.10. The van der Waals surface area contributed by atoms with Crippen LogP contribution in [-0.2, 0) is 11.3 Å². The minimum atomic E-state index is -0.119. The zero-order valence-corrected chi connectivity index (χ0v) is 19.0. The van der Waals surface area contributed by atoms with E-state index in [1.807, 2.05) is 53.6 Å². The number of benzene rings is 2. The number of nitrogens with zero attached hydrogens (tertiary/aromatic N) is 2. The number of amides is 2. The summed E-state index contributed by atoms with van der Waals surface area (Å²) in [6, 6.07) is 15.5. The van der Waals surface area contributed by atoms with Gasteiger partial charge in [-0.05, 0) is 37.0 Å². The predicted molar refractivity (Wildman–Crippen MR) is 127 cm³/mol. The SMILES string of the molecule is COc1ccccc1NC(=O)C1CCN(C(=O)c2cn(CC(C)C)c3ccccc23)CC1. The smallest absolute Gasteiger partial charge is 0.256 e. The van der Waals surface area contributed by atoms with E-state index in [2.05, 4.69) is 29.8 Å². The van der Waals surface area contributed by atoms with Gasteiger partial charge < -0.3 is 19.5 Å². The molecule has 1 aliphatic heterocycles. The van der Waals surface area contributed by atoms with Crippen molar-refractivity contribution >= 4 is 28.4 Å². The summed E-state index contributed by atoms with van der Waals surface area (Å²) in [4.78, 5) is 28.0. The van der Waals surface area contributed by atoms with Gasteiger partial charge in [-0.1, -0.05) is 44.2 Å². The number of nitrogens with one attached hydrogen (secondary N) is 1. The van der Waals surface area contributed by atoms with Crippen LogP contribution in [0.5, 0.6) is 5.75 Å². The van der Waals surface area contributed by atoms with Crippen LogP contribution in [-0.4, -0.2) is 41.5 Å². The van der Waals surface area contributed by atoms with E-state index in [1.54, 1.807) is 7.11 Å². The van der Waals surface area contributed by atoms with Gasteiger partial charge in [0.25, 0.3) is 5.91 Å². The largest absolute Gasteiger partial charge is 0.495 e. The Bertz CT molecular complexity index is 1110. The van der Waals surface area contributed by atoms with Gasteiger partial charge in [-0.2, -0.15) is 0 Å². The molecule has 0 saturated carbocycles. The Hall–Kier alpha value is -3.28.